The van der Waals surface area contributed by atoms with Crippen molar-refractivity contribution < 1.29 is 52.4 Å². The first-order valence-electron chi connectivity index (χ1n) is 29.4. The fourth-order valence-electron chi connectivity index (χ4n) is 9.25. The smallest absolute Gasteiger partial charge is 0.244 e. The van der Waals surface area contributed by atoms with Gasteiger partial charge in [0.2, 0.25) is 29.5 Å². The first-order chi connectivity index (χ1) is 38.7. The van der Waals surface area contributed by atoms with Crippen LogP contribution in [0, 0.1) is 10.8 Å². The third kappa shape index (κ3) is 34.5. The minimum atomic E-state index is -0.800. The maximum atomic E-state index is 13.5. The summed E-state index contributed by atoms with van der Waals surface area (Å²) in [5.41, 5.74) is 9.90. The Morgan fingerprint density at radius 3 is 1.41 bits per heavy atom. The van der Waals surface area contributed by atoms with Crippen LogP contribution >= 0.6 is 0 Å². The summed E-state index contributed by atoms with van der Waals surface area (Å²) in [5.74, 6) is -1.11. The fourth-order valence-corrected chi connectivity index (χ4v) is 9.25. The molecule has 0 aromatic carbocycles. The minimum absolute atomic E-state index is 0.0627. The van der Waals surface area contributed by atoms with Crippen LogP contribution in [0.2, 0.25) is 0 Å². The summed E-state index contributed by atoms with van der Waals surface area (Å²) in [4.78, 5) is 62.8. The van der Waals surface area contributed by atoms with E-state index in [1.165, 1.54) is 54.1 Å². The second kappa shape index (κ2) is 42.3. The number of nitrogens with one attached hydrogen (secondary N) is 5. The van der Waals surface area contributed by atoms with E-state index in [1.807, 2.05) is 50.3 Å². The number of rotatable bonds is 41. The Morgan fingerprint density at radius 2 is 0.938 bits per heavy atom. The van der Waals surface area contributed by atoms with Gasteiger partial charge in [-0.25, -0.2) is 0 Å². The summed E-state index contributed by atoms with van der Waals surface area (Å²) in [6.07, 6.45) is 32.9. The van der Waals surface area contributed by atoms with Gasteiger partial charge in [0.05, 0.1) is 79.3 Å². The van der Waals surface area contributed by atoms with Crippen LogP contribution in [0.25, 0.3) is 0 Å². The van der Waals surface area contributed by atoms with Gasteiger partial charge in [-0.3, -0.25) is 24.0 Å². The molecule has 1 atom stereocenters. The third-order valence-corrected chi connectivity index (χ3v) is 13.9. The highest BCUT2D eigenvalue weighted by Gasteiger charge is 2.27. The van der Waals surface area contributed by atoms with Crippen LogP contribution in [0.5, 0.6) is 0 Å². The topological polar surface area (TPSA) is 201 Å². The van der Waals surface area contributed by atoms with Crippen molar-refractivity contribution in [2.75, 3.05) is 106 Å². The summed E-state index contributed by atoms with van der Waals surface area (Å²) in [6.45, 7) is 26.8. The van der Waals surface area contributed by atoms with E-state index in [0.717, 1.165) is 35.1 Å². The summed E-state index contributed by atoms with van der Waals surface area (Å²) >= 11 is 0. The fraction of sp³-hybridized carbons (Fsp3) is 0.615. The molecule has 0 saturated heterocycles. The highest BCUT2D eigenvalue weighted by molar-refractivity contribution is 5.93. The van der Waals surface area contributed by atoms with Crippen molar-refractivity contribution in [1.29, 1.82) is 0 Å². The Hall–Kier alpha value is -5.49. The number of amides is 5. The third-order valence-electron chi connectivity index (χ3n) is 13.9. The van der Waals surface area contributed by atoms with Gasteiger partial charge >= 0.3 is 0 Å². The zero-order chi connectivity index (χ0) is 59.7. The molecule has 5 N–H and O–H groups in total. The zero-order valence-electron chi connectivity index (χ0n) is 51.4. The van der Waals surface area contributed by atoms with Crippen LogP contribution in [0.1, 0.15) is 140 Å². The van der Waals surface area contributed by atoms with Crippen molar-refractivity contribution in [3.8, 4) is 0 Å². The number of allylic oxidation sites excluding steroid dienone is 18. The van der Waals surface area contributed by atoms with Gasteiger partial charge in [0.25, 0.3) is 0 Å². The van der Waals surface area contributed by atoms with Crippen molar-refractivity contribution in [3.63, 3.8) is 0 Å². The van der Waals surface area contributed by atoms with Crippen LogP contribution in [0.15, 0.2) is 117 Å². The molecule has 16 heteroatoms. The lowest BCUT2D eigenvalue weighted by atomic mass is 9.72. The molecule has 81 heavy (non-hydrogen) atoms. The van der Waals surface area contributed by atoms with Gasteiger partial charge in [-0.05, 0) is 132 Å². The molecule has 2 aliphatic rings. The largest absolute Gasteiger partial charge is 0.379 e. The van der Waals surface area contributed by atoms with E-state index in [2.05, 4.69) is 106 Å². The molecule has 2 aliphatic carbocycles. The molecule has 454 valence electrons. The van der Waals surface area contributed by atoms with Gasteiger partial charge in [-0.2, -0.15) is 0 Å². The van der Waals surface area contributed by atoms with Gasteiger partial charge in [0, 0.05) is 51.7 Å². The standard InChI is InChI=1S/C65H103N5O11/c1-50(25-27-56-54(5)22-16-31-64(56,7)8)18-14-20-52(3)48-61(73)67-33-13-12-24-58(70-62(74)49-53(4)21-15-19-51(2)26-28-57-55(6)23-17-32-65(57,9)10)63(75)69-35-39-79-43-42-78-38-34-68-60(72)30-37-77-41-45-81-47-46-80-44-40-76-36-29-59(71)66-11/h14-15,18-21,25-28,48-49,58H,12-13,16-17,22-24,29-47H2,1-11H3,(H,66,71)(H,67,73)(H,68,72)(H,69,75)(H,70,74)/b20-14+,21-15+,27-25+,28-26+,50-18+,51-19+,52-48+,53-49+/t58-/m1/s1. The molecular formula is C65H103N5O11. The Bertz CT molecular complexity index is 2260. The number of hydrogen-bond donors (Lipinski definition) is 5. The highest BCUT2D eigenvalue weighted by Crippen LogP contribution is 2.42. The predicted octanol–water partition coefficient (Wildman–Crippen LogP) is 9.68. The summed E-state index contributed by atoms with van der Waals surface area (Å²) < 4.78 is 32.9. The summed E-state index contributed by atoms with van der Waals surface area (Å²) in [7, 11) is 1.59. The number of ether oxygens (including phenoxy) is 6. The molecular weight excluding hydrogens is 1030 g/mol. The Balaban J connectivity index is 1.78. The summed E-state index contributed by atoms with van der Waals surface area (Å²) in [5, 5.41) is 14.1. The SMILES string of the molecule is CNC(=O)CCOCCOCCOCCOCCC(=O)NCCOCCOCCNC(=O)[C@@H](CCCCNC(=O)/C=C(C)/C=C/C=C(C)/C=C/C1=C(C)CCCC1(C)C)NC(=O)/C=C(C)/C=C/C=C(C)/C=C/C1=C(C)CCCC1(C)C. The van der Waals surface area contributed by atoms with E-state index in [0.29, 0.717) is 105 Å². The van der Waals surface area contributed by atoms with E-state index in [-0.39, 0.29) is 66.5 Å². The Morgan fingerprint density at radius 1 is 0.506 bits per heavy atom. The maximum absolute atomic E-state index is 13.5. The number of carbonyl (C=O) groups excluding carboxylic acids is 5. The van der Waals surface area contributed by atoms with E-state index >= 15 is 0 Å². The molecule has 0 spiro atoms. The zero-order valence-corrected chi connectivity index (χ0v) is 51.4. The van der Waals surface area contributed by atoms with Crippen molar-refractivity contribution in [2.45, 2.75) is 146 Å². The van der Waals surface area contributed by atoms with E-state index in [1.54, 1.807) is 13.1 Å². The van der Waals surface area contributed by atoms with E-state index in [4.69, 9.17) is 28.4 Å². The molecule has 0 aromatic heterocycles. The minimum Gasteiger partial charge on any atom is -0.379 e. The monoisotopic (exact) mass is 1130 g/mol. The first kappa shape index (κ1) is 71.6. The average molecular weight is 1130 g/mol. The second-order valence-electron chi connectivity index (χ2n) is 22.2. The summed E-state index contributed by atoms with van der Waals surface area (Å²) in [6, 6.07) is -0.800. The van der Waals surface area contributed by atoms with Gasteiger partial charge in [0.15, 0.2) is 0 Å². The normalized spacial score (nSPS) is 16.7. The van der Waals surface area contributed by atoms with Crippen molar-refractivity contribution in [3.05, 3.63) is 117 Å². The van der Waals surface area contributed by atoms with Gasteiger partial charge < -0.3 is 55.0 Å². The number of hydrogen-bond acceptors (Lipinski definition) is 11. The molecule has 0 aromatic rings. The molecule has 0 aliphatic heterocycles. The molecule has 0 saturated carbocycles. The first-order valence-corrected chi connectivity index (χ1v) is 29.4. The van der Waals surface area contributed by atoms with Crippen molar-refractivity contribution in [2.24, 2.45) is 10.8 Å². The van der Waals surface area contributed by atoms with Crippen molar-refractivity contribution in [1.82, 2.24) is 26.6 Å². The number of unbranched alkanes of at least 4 members (excludes halogenated alkanes) is 1. The predicted molar refractivity (Wildman–Crippen MR) is 325 cm³/mol. The van der Waals surface area contributed by atoms with Gasteiger partial charge in [-0.15, -0.1) is 0 Å². The van der Waals surface area contributed by atoms with E-state index in [9.17, 15) is 24.0 Å². The molecule has 0 unspecified atom stereocenters. The lowest BCUT2D eigenvalue weighted by Gasteiger charge is -2.33. The van der Waals surface area contributed by atoms with Crippen molar-refractivity contribution >= 4 is 29.5 Å². The van der Waals surface area contributed by atoms with Crippen LogP contribution in [0.4, 0.5) is 0 Å². The van der Waals surface area contributed by atoms with E-state index < -0.39 is 6.04 Å². The second-order valence-corrected chi connectivity index (χ2v) is 22.2. The Kier molecular flexibility index (Phi) is 37.4. The maximum Gasteiger partial charge on any atom is 0.244 e. The van der Waals surface area contributed by atoms with Gasteiger partial charge in [0.1, 0.15) is 6.04 Å². The molecule has 0 fully saturated rings. The average Bonchev–Trinajstić information content (AvgIpc) is 3.40. The quantitative estimate of drug-likeness (QED) is 0.0222. The molecule has 2 rings (SSSR count). The molecule has 0 bridgehead atoms. The van der Waals surface area contributed by atoms with Gasteiger partial charge in [-0.1, -0.05) is 111 Å². The van der Waals surface area contributed by atoms with Crippen LogP contribution < -0.4 is 26.6 Å². The Labute approximate surface area is 486 Å². The molecule has 16 nitrogen and oxygen atoms in total. The lowest BCUT2D eigenvalue weighted by Crippen LogP contribution is -2.47. The lowest BCUT2D eigenvalue weighted by molar-refractivity contribution is -0.127. The highest BCUT2D eigenvalue weighted by atomic mass is 16.6. The van der Waals surface area contributed by atoms with Crippen LogP contribution in [0.3, 0.4) is 0 Å². The molecule has 0 heterocycles. The van der Waals surface area contributed by atoms with Crippen LogP contribution in [-0.4, -0.2) is 142 Å². The number of carbonyl (C=O) groups is 5. The molecule has 0 radical (unpaired) electrons. The molecule has 5 amide bonds. The van der Waals surface area contributed by atoms with Crippen LogP contribution in [-0.2, 0) is 52.4 Å².